The average Bonchev–Trinajstić information content (AvgIpc) is 3.04. The van der Waals surface area contributed by atoms with Crippen molar-refractivity contribution in [2.75, 3.05) is 0 Å². The first kappa shape index (κ1) is 15.2. The van der Waals surface area contributed by atoms with E-state index in [4.69, 9.17) is 9.63 Å². The summed E-state index contributed by atoms with van der Waals surface area (Å²) in [6, 6.07) is 1.60. The number of nitrogens with zero attached hydrogens (tertiary/aromatic N) is 2. The molecule has 0 radical (unpaired) electrons. The van der Waals surface area contributed by atoms with E-state index in [2.05, 4.69) is 15.5 Å². The van der Waals surface area contributed by atoms with Crippen LogP contribution in [0.15, 0.2) is 16.0 Å². The van der Waals surface area contributed by atoms with E-state index >= 15 is 0 Å². The molecule has 2 aromatic rings. The molecule has 7 nitrogen and oxygen atoms in total. The molecule has 112 valence electrons. The van der Waals surface area contributed by atoms with Crippen LogP contribution in [0.25, 0.3) is 0 Å². The number of carboxylic acid groups (broad SMARTS) is 1. The molecule has 0 unspecified atom stereocenters. The molecule has 0 fully saturated rings. The first-order chi connectivity index (χ1) is 9.77. The van der Waals surface area contributed by atoms with Gasteiger partial charge in [-0.05, 0) is 0 Å². The highest BCUT2D eigenvalue weighted by atomic mass is 32.1. The van der Waals surface area contributed by atoms with Gasteiger partial charge in [0.15, 0.2) is 11.4 Å². The van der Waals surface area contributed by atoms with Gasteiger partial charge >= 0.3 is 5.97 Å². The molecule has 21 heavy (non-hydrogen) atoms. The standard InChI is InChI=1S/C13H15N3O4S/c1-13(2,3)9-4-7(16-20-9)11(17)14-5-10-15-8(6-21-10)12(18)19/h4,6H,5H2,1-3H3,(H,14,17)(H,18,19). The van der Waals surface area contributed by atoms with Gasteiger partial charge in [-0.15, -0.1) is 11.3 Å². The number of nitrogens with one attached hydrogen (secondary N) is 1. The number of carbonyl (C=O) groups is 2. The number of carbonyl (C=O) groups excluding carboxylic acids is 1. The smallest absolute Gasteiger partial charge is 0.355 e. The van der Waals surface area contributed by atoms with Crippen LogP contribution in [-0.4, -0.2) is 27.1 Å². The molecule has 0 saturated heterocycles. The van der Waals surface area contributed by atoms with Gasteiger partial charge in [-0.1, -0.05) is 25.9 Å². The fourth-order valence-electron chi connectivity index (χ4n) is 1.47. The quantitative estimate of drug-likeness (QED) is 0.895. The summed E-state index contributed by atoms with van der Waals surface area (Å²) in [4.78, 5) is 26.5. The topological polar surface area (TPSA) is 105 Å². The summed E-state index contributed by atoms with van der Waals surface area (Å²) in [6.45, 7) is 6.02. The molecular formula is C13H15N3O4S. The normalized spacial score (nSPS) is 11.4. The van der Waals surface area contributed by atoms with E-state index < -0.39 is 5.97 Å². The minimum atomic E-state index is -1.09. The third-order valence-electron chi connectivity index (χ3n) is 2.65. The Morgan fingerprint density at radius 1 is 1.38 bits per heavy atom. The number of amides is 1. The van der Waals surface area contributed by atoms with Crippen LogP contribution in [0.2, 0.25) is 0 Å². The summed E-state index contributed by atoms with van der Waals surface area (Å²) in [7, 11) is 0. The molecule has 0 atom stereocenters. The predicted octanol–water partition coefficient (Wildman–Crippen LogP) is 2.06. The molecule has 0 bridgehead atoms. The third-order valence-corrected chi connectivity index (χ3v) is 3.50. The van der Waals surface area contributed by atoms with Crippen LogP contribution in [0, 0.1) is 0 Å². The Balaban J connectivity index is 1.98. The number of carboxylic acids is 1. The average molecular weight is 309 g/mol. The lowest BCUT2D eigenvalue weighted by Gasteiger charge is -2.12. The number of hydrogen-bond acceptors (Lipinski definition) is 6. The number of hydrogen-bond donors (Lipinski definition) is 2. The highest BCUT2D eigenvalue weighted by Crippen LogP contribution is 2.22. The molecule has 2 N–H and O–H groups in total. The number of aromatic nitrogens is 2. The van der Waals surface area contributed by atoms with Crippen LogP contribution in [0.1, 0.15) is 52.5 Å². The van der Waals surface area contributed by atoms with E-state index in [1.165, 1.54) is 16.7 Å². The van der Waals surface area contributed by atoms with Gasteiger partial charge < -0.3 is 14.9 Å². The zero-order chi connectivity index (χ0) is 15.6. The van der Waals surface area contributed by atoms with Crippen LogP contribution in [0.5, 0.6) is 0 Å². The Morgan fingerprint density at radius 3 is 2.62 bits per heavy atom. The fraction of sp³-hybridized carbons (Fsp3) is 0.385. The SMILES string of the molecule is CC(C)(C)c1cc(C(=O)NCc2nc(C(=O)O)cs2)no1. The zero-order valence-corrected chi connectivity index (χ0v) is 12.7. The molecule has 8 heteroatoms. The summed E-state index contributed by atoms with van der Waals surface area (Å²) >= 11 is 1.17. The fourth-order valence-corrected chi connectivity index (χ4v) is 2.18. The van der Waals surface area contributed by atoms with Crippen molar-refractivity contribution < 1.29 is 19.2 Å². The Labute approximate surface area is 125 Å². The first-order valence-corrected chi connectivity index (χ1v) is 7.08. The van der Waals surface area contributed by atoms with Crippen molar-refractivity contribution >= 4 is 23.2 Å². The number of aromatic carboxylic acids is 1. The predicted molar refractivity (Wildman–Crippen MR) is 75.4 cm³/mol. The van der Waals surface area contributed by atoms with E-state index in [1.54, 1.807) is 6.07 Å². The van der Waals surface area contributed by atoms with E-state index in [9.17, 15) is 9.59 Å². The molecule has 2 aromatic heterocycles. The van der Waals surface area contributed by atoms with Crippen molar-refractivity contribution in [3.05, 3.63) is 33.6 Å². The minimum absolute atomic E-state index is 0.0271. The number of rotatable bonds is 4. The highest BCUT2D eigenvalue weighted by molar-refractivity contribution is 7.09. The lowest BCUT2D eigenvalue weighted by atomic mass is 9.93. The molecule has 2 rings (SSSR count). The molecule has 0 aliphatic carbocycles. The molecule has 0 saturated carbocycles. The van der Waals surface area contributed by atoms with E-state index in [0.29, 0.717) is 10.8 Å². The van der Waals surface area contributed by atoms with Crippen molar-refractivity contribution in [3.8, 4) is 0 Å². The summed E-state index contributed by atoms with van der Waals surface area (Å²) in [5, 5.41) is 17.1. The summed E-state index contributed by atoms with van der Waals surface area (Å²) in [6.07, 6.45) is 0. The molecule has 1 amide bonds. The Kier molecular flexibility index (Phi) is 4.08. The van der Waals surface area contributed by atoms with Crippen molar-refractivity contribution in [2.45, 2.75) is 32.7 Å². The molecule has 0 aliphatic rings. The molecular weight excluding hydrogens is 294 g/mol. The van der Waals surface area contributed by atoms with Gasteiger partial charge in [0, 0.05) is 16.9 Å². The van der Waals surface area contributed by atoms with Gasteiger partial charge in [0.05, 0.1) is 6.54 Å². The van der Waals surface area contributed by atoms with Crippen molar-refractivity contribution in [3.63, 3.8) is 0 Å². The third kappa shape index (κ3) is 3.66. The number of thiazole rings is 1. The van der Waals surface area contributed by atoms with Crippen LogP contribution >= 0.6 is 11.3 Å². The van der Waals surface area contributed by atoms with Crippen molar-refractivity contribution in [1.82, 2.24) is 15.5 Å². The van der Waals surface area contributed by atoms with Crippen LogP contribution in [0.4, 0.5) is 0 Å². The maximum atomic E-state index is 11.9. The maximum absolute atomic E-state index is 11.9. The van der Waals surface area contributed by atoms with Crippen LogP contribution in [0.3, 0.4) is 0 Å². The summed E-state index contributed by atoms with van der Waals surface area (Å²) in [5.41, 5.74) is -0.0623. The van der Waals surface area contributed by atoms with E-state index in [1.807, 2.05) is 20.8 Å². The van der Waals surface area contributed by atoms with Crippen molar-refractivity contribution in [2.24, 2.45) is 0 Å². The van der Waals surface area contributed by atoms with Crippen molar-refractivity contribution in [1.29, 1.82) is 0 Å². The van der Waals surface area contributed by atoms with Gasteiger partial charge in [-0.2, -0.15) is 0 Å². The van der Waals surface area contributed by atoms with Crippen LogP contribution in [-0.2, 0) is 12.0 Å². The maximum Gasteiger partial charge on any atom is 0.355 e. The molecule has 2 heterocycles. The first-order valence-electron chi connectivity index (χ1n) is 6.20. The van der Waals surface area contributed by atoms with Gasteiger partial charge in [-0.3, -0.25) is 4.79 Å². The second-order valence-corrected chi connectivity index (χ2v) is 6.38. The molecule has 0 aliphatic heterocycles. The lowest BCUT2D eigenvalue weighted by molar-refractivity contribution is 0.0691. The zero-order valence-electron chi connectivity index (χ0n) is 11.8. The largest absolute Gasteiger partial charge is 0.476 e. The molecule has 0 spiro atoms. The Hall–Kier alpha value is -2.22. The molecule has 0 aromatic carbocycles. The summed E-state index contributed by atoms with van der Waals surface area (Å²) < 4.78 is 5.14. The monoisotopic (exact) mass is 309 g/mol. The van der Waals surface area contributed by atoms with Gasteiger partial charge in [-0.25, -0.2) is 9.78 Å². The van der Waals surface area contributed by atoms with Crippen LogP contribution < -0.4 is 5.32 Å². The second-order valence-electron chi connectivity index (χ2n) is 5.44. The Bertz CT molecular complexity index is 669. The van der Waals surface area contributed by atoms with E-state index in [-0.39, 0.29) is 29.3 Å². The van der Waals surface area contributed by atoms with Gasteiger partial charge in [0.2, 0.25) is 0 Å². The van der Waals surface area contributed by atoms with Gasteiger partial charge in [0.25, 0.3) is 5.91 Å². The minimum Gasteiger partial charge on any atom is -0.476 e. The summed E-state index contributed by atoms with van der Waals surface area (Å²) in [5.74, 6) is -0.855. The highest BCUT2D eigenvalue weighted by Gasteiger charge is 2.22. The van der Waals surface area contributed by atoms with E-state index in [0.717, 1.165) is 0 Å². The van der Waals surface area contributed by atoms with Gasteiger partial charge in [0.1, 0.15) is 10.8 Å². The second kappa shape index (κ2) is 5.65. The lowest BCUT2D eigenvalue weighted by Crippen LogP contribution is -2.23. The Morgan fingerprint density at radius 2 is 2.10 bits per heavy atom.